The number of phenols is 1. The van der Waals surface area contributed by atoms with Gasteiger partial charge in [0.05, 0.1) is 0 Å². The number of nitrogens with zero attached hydrogens (tertiary/aromatic N) is 1. The molecule has 0 aliphatic rings. The quantitative estimate of drug-likeness (QED) is 0.636. The van der Waals surface area contributed by atoms with Crippen LogP contribution in [0.4, 0.5) is 0 Å². The number of benzene rings is 1. The molecule has 0 aliphatic heterocycles. The largest absolute Gasteiger partial charge is 0.508 e. The summed E-state index contributed by atoms with van der Waals surface area (Å²) in [4.78, 5) is 3.78. The maximum Gasteiger partial charge on any atom is 0.115 e. The van der Waals surface area contributed by atoms with Crippen molar-refractivity contribution in [3.05, 3.63) is 60.9 Å². The Morgan fingerprint density at radius 1 is 0.786 bits per heavy atom. The summed E-state index contributed by atoms with van der Waals surface area (Å²) < 4.78 is 0. The van der Waals surface area contributed by atoms with Gasteiger partial charge in [-0.2, -0.15) is 0 Å². The normalized spacial score (nSPS) is 7.71. The van der Waals surface area contributed by atoms with Crippen LogP contribution in [0.5, 0.6) is 5.75 Å². The van der Waals surface area contributed by atoms with Crippen LogP contribution in [0.15, 0.2) is 60.9 Å². The fourth-order valence-electron chi connectivity index (χ4n) is 0.741. The average molecular weight is 184 g/mol. The Morgan fingerprint density at radius 3 is 1.50 bits per heavy atom. The van der Waals surface area contributed by atoms with Gasteiger partial charge in [0.25, 0.3) is 0 Å². The first-order chi connectivity index (χ1) is 6.39. The van der Waals surface area contributed by atoms with Crippen molar-refractivity contribution in [1.82, 2.24) is 4.98 Å². The minimum atomic E-state index is 0. The van der Waals surface area contributed by atoms with Gasteiger partial charge >= 0.3 is 0 Å². The van der Waals surface area contributed by atoms with Crippen LogP contribution in [0.2, 0.25) is 0 Å². The first kappa shape index (κ1) is 12.2. The van der Waals surface area contributed by atoms with Gasteiger partial charge in [-0.1, -0.05) is 24.3 Å². The molecule has 0 unspecified atom stereocenters. The van der Waals surface area contributed by atoms with Gasteiger partial charge < -0.3 is 5.11 Å². The summed E-state index contributed by atoms with van der Waals surface area (Å²) in [6, 6.07) is 14.4. The third kappa shape index (κ3) is 5.83. The topological polar surface area (TPSA) is 33.1 Å². The second kappa shape index (κ2) is 7.86. The van der Waals surface area contributed by atoms with Crippen molar-refractivity contribution in [2.75, 3.05) is 0 Å². The van der Waals surface area contributed by atoms with Crippen LogP contribution in [0.1, 0.15) is 0 Å². The molecule has 0 bridgehead atoms. The van der Waals surface area contributed by atoms with E-state index >= 15 is 0 Å². The fourth-order valence-corrected chi connectivity index (χ4v) is 0.741. The lowest BCUT2D eigenvalue weighted by Crippen LogP contribution is -1.58. The Hall–Kier alpha value is -1.77. The van der Waals surface area contributed by atoms with Crippen molar-refractivity contribution in [3.63, 3.8) is 0 Å². The first-order valence-electron chi connectivity index (χ1n) is 3.98. The number of rotatable bonds is 0. The molecule has 0 spiro atoms. The van der Waals surface area contributed by atoms with E-state index in [1.165, 1.54) is 0 Å². The van der Waals surface area contributed by atoms with Crippen molar-refractivity contribution in [3.8, 4) is 5.75 Å². The molecule has 0 fully saturated rings. The van der Waals surface area contributed by atoms with E-state index in [4.69, 9.17) is 5.11 Å². The molecule has 0 saturated carbocycles. The number of pyridine rings is 1. The van der Waals surface area contributed by atoms with Gasteiger partial charge in [-0.25, -0.2) is 0 Å². The van der Waals surface area contributed by atoms with Crippen molar-refractivity contribution in [1.29, 1.82) is 0 Å². The van der Waals surface area contributed by atoms with Gasteiger partial charge in [-0.05, 0) is 24.3 Å². The minimum Gasteiger partial charge on any atom is -0.508 e. The van der Waals surface area contributed by atoms with Crippen LogP contribution in [-0.4, -0.2) is 18.5 Å². The molecule has 0 aliphatic carbocycles. The smallest absolute Gasteiger partial charge is 0.115 e. The van der Waals surface area contributed by atoms with E-state index in [1.54, 1.807) is 36.7 Å². The number of phenolic OH excluding ortho intramolecular Hbond substituents is 1. The summed E-state index contributed by atoms with van der Waals surface area (Å²) in [6.07, 6.45) is 3.50. The van der Waals surface area contributed by atoms with E-state index in [0.29, 0.717) is 5.75 Å². The molecular formula is C11H11BNO. The highest BCUT2D eigenvalue weighted by molar-refractivity contribution is 5.75. The molecule has 2 nitrogen and oxygen atoms in total. The van der Waals surface area contributed by atoms with E-state index < -0.39 is 0 Å². The summed E-state index contributed by atoms with van der Waals surface area (Å²) >= 11 is 0. The van der Waals surface area contributed by atoms with Crippen molar-refractivity contribution in [2.45, 2.75) is 0 Å². The van der Waals surface area contributed by atoms with Crippen molar-refractivity contribution in [2.24, 2.45) is 0 Å². The highest BCUT2D eigenvalue weighted by atomic mass is 16.3. The van der Waals surface area contributed by atoms with E-state index in [1.807, 2.05) is 24.3 Å². The molecular weight excluding hydrogens is 173 g/mol. The number of aromatic hydroxyl groups is 1. The molecule has 3 heteroatoms. The second-order valence-electron chi connectivity index (χ2n) is 2.36. The molecule has 0 atom stereocenters. The Morgan fingerprint density at radius 2 is 1.29 bits per heavy atom. The summed E-state index contributed by atoms with van der Waals surface area (Å²) in [5, 5.41) is 8.63. The maximum atomic E-state index is 8.63. The summed E-state index contributed by atoms with van der Waals surface area (Å²) in [5.41, 5.74) is 0. The van der Waals surface area contributed by atoms with Crippen molar-refractivity contribution >= 4 is 8.41 Å². The molecule has 3 radical (unpaired) electrons. The van der Waals surface area contributed by atoms with Gasteiger partial charge in [0.2, 0.25) is 0 Å². The van der Waals surface area contributed by atoms with E-state index in [2.05, 4.69) is 4.98 Å². The zero-order valence-electron chi connectivity index (χ0n) is 7.75. The monoisotopic (exact) mass is 184 g/mol. The van der Waals surface area contributed by atoms with Crippen molar-refractivity contribution < 1.29 is 5.11 Å². The third-order valence-corrected chi connectivity index (χ3v) is 1.32. The van der Waals surface area contributed by atoms with E-state index in [9.17, 15) is 0 Å². The molecule has 1 aromatic heterocycles. The lowest BCUT2D eigenvalue weighted by atomic mass is 10.3. The number of aromatic nitrogens is 1. The lowest BCUT2D eigenvalue weighted by Gasteiger charge is -1.82. The number of hydrogen-bond donors (Lipinski definition) is 1. The zero-order valence-corrected chi connectivity index (χ0v) is 7.75. The van der Waals surface area contributed by atoms with Crippen LogP contribution >= 0.6 is 0 Å². The fraction of sp³-hybridized carbons (Fsp3) is 0. The van der Waals surface area contributed by atoms with Crippen LogP contribution in [0.25, 0.3) is 0 Å². The highest BCUT2D eigenvalue weighted by Gasteiger charge is 1.74. The Labute approximate surface area is 85.8 Å². The Bertz CT molecular complexity index is 286. The van der Waals surface area contributed by atoms with E-state index in [0.717, 1.165) is 0 Å². The first-order valence-corrected chi connectivity index (χ1v) is 3.98. The highest BCUT2D eigenvalue weighted by Crippen LogP contribution is 2.02. The predicted molar refractivity (Wildman–Crippen MR) is 58.1 cm³/mol. The summed E-state index contributed by atoms with van der Waals surface area (Å²) in [7, 11) is 0. The average Bonchev–Trinajstić information content (AvgIpc) is 2.22. The van der Waals surface area contributed by atoms with Gasteiger partial charge in [0.15, 0.2) is 0 Å². The van der Waals surface area contributed by atoms with Crippen LogP contribution in [-0.2, 0) is 0 Å². The van der Waals surface area contributed by atoms with Crippen LogP contribution in [0, 0.1) is 0 Å². The molecule has 0 saturated heterocycles. The molecule has 2 aromatic rings. The molecule has 1 N–H and O–H groups in total. The minimum absolute atomic E-state index is 0. The predicted octanol–water partition coefficient (Wildman–Crippen LogP) is 2.09. The summed E-state index contributed by atoms with van der Waals surface area (Å²) in [6.45, 7) is 0. The summed E-state index contributed by atoms with van der Waals surface area (Å²) in [5.74, 6) is 0.322. The lowest BCUT2D eigenvalue weighted by molar-refractivity contribution is 0.475. The molecule has 14 heavy (non-hydrogen) atoms. The van der Waals surface area contributed by atoms with Crippen LogP contribution < -0.4 is 0 Å². The Balaban J connectivity index is 0.000000227. The van der Waals surface area contributed by atoms with Gasteiger partial charge in [0, 0.05) is 20.8 Å². The van der Waals surface area contributed by atoms with Gasteiger partial charge in [-0.3, -0.25) is 4.98 Å². The standard InChI is InChI=1S/C6H6O.C5H5N.B/c7-6-4-2-1-3-5-6;1-2-4-6-5-3-1;/h1-5,7H;1-5H;. The number of hydrogen-bond acceptors (Lipinski definition) is 2. The molecule has 1 heterocycles. The van der Waals surface area contributed by atoms with Gasteiger partial charge in [0.1, 0.15) is 5.75 Å². The zero-order chi connectivity index (χ0) is 9.36. The Kier molecular flexibility index (Phi) is 6.87. The van der Waals surface area contributed by atoms with Gasteiger partial charge in [-0.15, -0.1) is 0 Å². The molecule has 1 aromatic carbocycles. The molecule has 0 amide bonds. The molecule has 2 rings (SSSR count). The van der Waals surface area contributed by atoms with E-state index in [-0.39, 0.29) is 8.41 Å². The second-order valence-corrected chi connectivity index (χ2v) is 2.36. The maximum absolute atomic E-state index is 8.63. The third-order valence-electron chi connectivity index (χ3n) is 1.32. The van der Waals surface area contributed by atoms with Crippen LogP contribution in [0.3, 0.4) is 0 Å². The molecule has 69 valence electrons. The number of para-hydroxylation sites is 1. The SMILES string of the molecule is Oc1ccccc1.[B].c1ccncc1.